The van der Waals surface area contributed by atoms with Crippen LogP contribution in [0.25, 0.3) is 0 Å². The molecule has 0 aliphatic rings. The molecule has 0 saturated carbocycles. The number of hydrogen-bond donors (Lipinski definition) is 0. The molecular formula is C9H5ClF2N2O. The van der Waals surface area contributed by atoms with E-state index in [1.54, 1.807) is 0 Å². The maximum Gasteiger partial charge on any atom is 0.270 e. The third-order valence-corrected chi connectivity index (χ3v) is 1.98. The number of hydrogen-bond acceptors (Lipinski definition) is 3. The van der Waals surface area contributed by atoms with E-state index in [0.29, 0.717) is 0 Å². The highest BCUT2D eigenvalue weighted by Crippen LogP contribution is 2.25. The summed E-state index contributed by atoms with van der Waals surface area (Å²) in [6.45, 7) is 1.37. The number of rotatable bonds is 2. The molecule has 1 aromatic heterocycles. The molecule has 15 heavy (non-hydrogen) atoms. The van der Waals surface area contributed by atoms with E-state index < -0.39 is 22.9 Å². The van der Waals surface area contributed by atoms with E-state index in [1.165, 1.54) is 13.0 Å². The third kappa shape index (κ3) is 2.28. The lowest BCUT2D eigenvalue weighted by molar-refractivity contribution is 0.107. The normalized spacial score (nSPS) is 10.1. The molecule has 0 saturated heterocycles. The number of halogens is 3. The second-order valence-electron chi connectivity index (χ2n) is 2.77. The second kappa shape index (κ2) is 4.32. The lowest BCUT2D eigenvalue weighted by Gasteiger charge is -2.07. The zero-order valence-corrected chi connectivity index (χ0v) is 8.35. The van der Waals surface area contributed by atoms with Crippen molar-refractivity contribution >= 4 is 16.8 Å². The highest BCUT2D eigenvalue weighted by molar-refractivity contribution is 6.67. The number of alkyl halides is 2. The SMILES string of the molecule is Cc1cc(C(=O)Cl)nc(C#N)c1C(F)F. The summed E-state index contributed by atoms with van der Waals surface area (Å²) in [4.78, 5) is 14.2. The summed E-state index contributed by atoms with van der Waals surface area (Å²) in [7, 11) is 0. The summed E-state index contributed by atoms with van der Waals surface area (Å²) < 4.78 is 25.0. The Hall–Kier alpha value is -1.54. The standard InChI is InChI=1S/C9H5ClF2N2O/c1-4-2-5(8(10)15)14-6(3-13)7(4)9(11)12/h2,9H,1H3. The van der Waals surface area contributed by atoms with Crippen molar-refractivity contribution < 1.29 is 13.6 Å². The average molecular weight is 231 g/mol. The summed E-state index contributed by atoms with van der Waals surface area (Å²) in [6.07, 6.45) is -2.80. The van der Waals surface area contributed by atoms with Gasteiger partial charge >= 0.3 is 0 Å². The fraction of sp³-hybridized carbons (Fsp3) is 0.222. The van der Waals surface area contributed by atoms with Crippen LogP contribution < -0.4 is 0 Å². The van der Waals surface area contributed by atoms with Gasteiger partial charge in [-0.2, -0.15) is 5.26 Å². The topological polar surface area (TPSA) is 53.8 Å². The summed E-state index contributed by atoms with van der Waals surface area (Å²) in [5.74, 6) is 0. The highest BCUT2D eigenvalue weighted by atomic mass is 35.5. The monoisotopic (exact) mass is 230 g/mol. The van der Waals surface area contributed by atoms with E-state index in [9.17, 15) is 13.6 Å². The lowest BCUT2D eigenvalue weighted by atomic mass is 10.1. The minimum atomic E-state index is -2.80. The van der Waals surface area contributed by atoms with E-state index in [-0.39, 0.29) is 11.3 Å². The van der Waals surface area contributed by atoms with Crippen molar-refractivity contribution in [3.8, 4) is 6.07 Å². The summed E-state index contributed by atoms with van der Waals surface area (Å²) in [5.41, 5.74) is -0.996. The minimum Gasteiger partial charge on any atom is -0.274 e. The predicted octanol–water partition coefficient (Wildman–Crippen LogP) is 2.58. The van der Waals surface area contributed by atoms with Crippen LogP contribution in [0.3, 0.4) is 0 Å². The Kier molecular flexibility index (Phi) is 3.32. The van der Waals surface area contributed by atoms with Gasteiger partial charge in [0.15, 0.2) is 5.69 Å². The third-order valence-electron chi connectivity index (χ3n) is 1.79. The molecule has 1 rings (SSSR count). The number of aryl methyl sites for hydroxylation is 1. The fourth-order valence-corrected chi connectivity index (χ4v) is 1.24. The van der Waals surface area contributed by atoms with Crippen molar-refractivity contribution in [1.82, 2.24) is 4.98 Å². The molecule has 0 radical (unpaired) electrons. The van der Waals surface area contributed by atoms with Gasteiger partial charge in [-0.3, -0.25) is 4.79 Å². The molecule has 0 amide bonds. The van der Waals surface area contributed by atoms with Gasteiger partial charge in [-0.1, -0.05) is 0 Å². The Balaban J connectivity index is 3.46. The molecule has 6 heteroatoms. The van der Waals surface area contributed by atoms with Crippen LogP contribution in [0.1, 0.15) is 33.7 Å². The van der Waals surface area contributed by atoms with Crippen molar-refractivity contribution in [2.24, 2.45) is 0 Å². The Bertz CT molecular complexity index is 454. The van der Waals surface area contributed by atoms with Crippen LogP contribution >= 0.6 is 11.6 Å². The van der Waals surface area contributed by atoms with Gasteiger partial charge in [0.1, 0.15) is 11.8 Å². The summed E-state index contributed by atoms with van der Waals surface area (Å²) in [6, 6.07) is 2.65. The van der Waals surface area contributed by atoms with Crippen molar-refractivity contribution in [3.05, 3.63) is 28.6 Å². The van der Waals surface area contributed by atoms with Crippen molar-refractivity contribution in [2.75, 3.05) is 0 Å². The molecule has 0 fully saturated rings. The number of nitrogens with zero attached hydrogens (tertiary/aromatic N) is 2. The number of carbonyl (C=O) groups excluding carboxylic acids is 1. The molecule has 0 aliphatic heterocycles. The largest absolute Gasteiger partial charge is 0.274 e. The molecule has 0 aliphatic carbocycles. The first-order chi connectivity index (χ1) is 6.97. The Labute approximate surface area is 89.3 Å². The van der Waals surface area contributed by atoms with Crippen molar-refractivity contribution in [1.29, 1.82) is 5.26 Å². The van der Waals surface area contributed by atoms with Gasteiger partial charge in [0.25, 0.3) is 11.7 Å². The Morgan fingerprint density at radius 1 is 1.67 bits per heavy atom. The number of nitriles is 1. The molecule has 1 heterocycles. The van der Waals surface area contributed by atoms with E-state index in [2.05, 4.69) is 4.98 Å². The number of aromatic nitrogens is 1. The van der Waals surface area contributed by atoms with Crippen LogP contribution in [0.15, 0.2) is 6.07 Å². The van der Waals surface area contributed by atoms with Gasteiger partial charge < -0.3 is 0 Å². The van der Waals surface area contributed by atoms with Crippen LogP contribution in [0, 0.1) is 18.3 Å². The van der Waals surface area contributed by atoms with Gasteiger partial charge in [0.2, 0.25) is 0 Å². The fourth-order valence-electron chi connectivity index (χ4n) is 1.14. The first-order valence-electron chi connectivity index (χ1n) is 3.87. The van der Waals surface area contributed by atoms with Gasteiger partial charge in [0, 0.05) is 0 Å². The zero-order valence-electron chi connectivity index (χ0n) is 7.59. The summed E-state index contributed by atoms with van der Waals surface area (Å²) >= 11 is 5.14. The molecule has 3 nitrogen and oxygen atoms in total. The van der Waals surface area contributed by atoms with Crippen LogP contribution in [-0.4, -0.2) is 10.2 Å². The van der Waals surface area contributed by atoms with Crippen LogP contribution in [0.4, 0.5) is 8.78 Å². The minimum absolute atomic E-state index is 0.126. The molecule has 0 atom stereocenters. The van der Waals surface area contributed by atoms with Gasteiger partial charge in [-0.05, 0) is 30.2 Å². The molecule has 78 valence electrons. The maximum absolute atomic E-state index is 12.5. The maximum atomic E-state index is 12.5. The van der Waals surface area contributed by atoms with Gasteiger partial charge in [-0.15, -0.1) is 0 Å². The number of pyridine rings is 1. The molecule has 0 aromatic carbocycles. The molecule has 0 spiro atoms. The van der Waals surface area contributed by atoms with E-state index in [0.717, 1.165) is 6.07 Å². The van der Waals surface area contributed by atoms with E-state index in [1.807, 2.05) is 0 Å². The van der Waals surface area contributed by atoms with E-state index >= 15 is 0 Å². The Morgan fingerprint density at radius 2 is 2.27 bits per heavy atom. The quantitative estimate of drug-likeness (QED) is 0.734. The highest BCUT2D eigenvalue weighted by Gasteiger charge is 2.19. The van der Waals surface area contributed by atoms with Gasteiger partial charge in [0.05, 0.1) is 5.56 Å². The van der Waals surface area contributed by atoms with E-state index in [4.69, 9.17) is 16.9 Å². The number of carbonyl (C=O) groups is 1. The van der Waals surface area contributed by atoms with Crippen molar-refractivity contribution in [2.45, 2.75) is 13.3 Å². The Morgan fingerprint density at radius 3 is 2.67 bits per heavy atom. The molecule has 1 aromatic rings. The molecule has 0 N–H and O–H groups in total. The predicted molar refractivity (Wildman–Crippen MR) is 48.8 cm³/mol. The first kappa shape index (κ1) is 11.5. The second-order valence-corrected chi connectivity index (χ2v) is 3.12. The average Bonchev–Trinajstić information content (AvgIpc) is 2.15. The van der Waals surface area contributed by atoms with Crippen molar-refractivity contribution in [3.63, 3.8) is 0 Å². The molecule has 0 bridgehead atoms. The molecule has 0 unspecified atom stereocenters. The van der Waals surface area contributed by atoms with Crippen LogP contribution in [-0.2, 0) is 0 Å². The summed E-state index contributed by atoms with van der Waals surface area (Å²) in [5, 5.41) is 7.72. The lowest BCUT2D eigenvalue weighted by Crippen LogP contribution is -2.04. The first-order valence-corrected chi connectivity index (χ1v) is 4.24. The zero-order chi connectivity index (χ0) is 11.6. The van der Waals surface area contributed by atoms with Gasteiger partial charge in [-0.25, -0.2) is 13.8 Å². The van der Waals surface area contributed by atoms with Crippen LogP contribution in [0.2, 0.25) is 0 Å². The van der Waals surface area contributed by atoms with Crippen LogP contribution in [0.5, 0.6) is 0 Å². The molecular weight excluding hydrogens is 226 g/mol. The smallest absolute Gasteiger partial charge is 0.270 e.